The van der Waals surface area contributed by atoms with E-state index in [9.17, 15) is 27.9 Å². The summed E-state index contributed by atoms with van der Waals surface area (Å²) in [6.45, 7) is 1.53. The van der Waals surface area contributed by atoms with Gasteiger partial charge in [0.25, 0.3) is 0 Å². The van der Waals surface area contributed by atoms with Gasteiger partial charge in [-0.1, -0.05) is 0 Å². The molecular formula is C25H18F4N6O. The third-order valence-corrected chi connectivity index (χ3v) is 5.96. The topological polar surface area (TPSA) is 99.7 Å². The van der Waals surface area contributed by atoms with Gasteiger partial charge in [-0.25, -0.2) is 9.07 Å². The quantitative estimate of drug-likeness (QED) is 0.339. The van der Waals surface area contributed by atoms with E-state index in [1.807, 2.05) is 13.0 Å². The summed E-state index contributed by atoms with van der Waals surface area (Å²) in [6.07, 6.45) is 0.930. The molecular weight excluding hydrogens is 476 g/mol. The second-order valence-corrected chi connectivity index (χ2v) is 8.21. The molecule has 0 bridgehead atoms. The molecule has 7 nitrogen and oxygen atoms in total. The molecule has 36 heavy (non-hydrogen) atoms. The standard InChI is InChI=1S/C25H18F4N6O/c1-2-32-20-5-16(26)4-18-17(20)6-21-22(18)23(35-11-15(12-36)24(34-35)25(27,28)29)19(10-33-21)14-3-13(7-30)8-31-9-14/h3-5,8-11,32,36H,2,6,12H2,1H3. The van der Waals surface area contributed by atoms with E-state index in [2.05, 4.69) is 20.4 Å². The van der Waals surface area contributed by atoms with Gasteiger partial charge >= 0.3 is 6.18 Å². The van der Waals surface area contributed by atoms with Crippen LogP contribution in [-0.2, 0) is 19.2 Å². The zero-order valence-electron chi connectivity index (χ0n) is 18.9. The molecule has 1 aliphatic rings. The Kier molecular flexibility index (Phi) is 5.68. The molecule has 0 radical (unpaired) electrons. The number of alkyl halides is 3. The van der Waals surface area contributed by atoms with E-state index in [-0.39, 0.29) is 11.3 Å². The highest BCUT2D eigenvalue weighted by atomic mass is 19.4. The number of nitrogens with zero attached hydrogens (tertiary/aromatic N) is 5. The number of aromatic nitrogens is 4. The molecule has 3 aromatic heterocycles. The van der Waals surface area contributed by atoms with Crippen LogP contribution in [0.4, 0.5) is 23.2 Å². The first-order valence-corrected chi connectivity index (χ1v) is 11.0. The summed E-state index contributed by atoms with van der Waals surface area (Å²) >= 11 is 0. The van der Waals surface area contributed by atoms with Crippen molar-refractivity contribution >= 4 is 5.69 Å². The Morgan fingerprint density at radius 1 is 1.17 bits per heavy atom. The Bertz CT molecular complexity index is 1540. The number of halogens is 4. The zero-order valence-corrected chi connectivity index (χ0v) is 18.9. The minimum atomic E-state index is -4.80. The average Bonchev–Trinajstić information content (AvgIpc) is 3.46. The molecule has 2 N–H and O–H groups in total. The molecule has 11 heteroatoms. The molecule has 0 saturated heterocycles. The van der Waals surface area contributed by atoms with Gasteiger partial charge in [-0.2, -0.15) is 23.5 Å². The molecule has 4 aromatic rings. The lowest BCUT2D eigenvalue weighted by Gasteiger charge is -2.16. The van der Waals surface area contributed by atoms with Crippen LogP contribution in [0.15, 0.2) is 43.0 Å². The number of anilines is 1. The van der Waals surface area contributed by atoms with Crippen LogP contribution in [0.2, 0.25) is 0 Å². The highest BCUT2D eigenvalue weighted by Gasteiger charge is 2.38. The van der Waals surface area contributed by atoms with E-state index in [1.54, 1.807) is 0 Å². The fraction of sp³-hybridized carbons (Fsp3) is 0.200. The number of nitrogens with one attached hydrogen (secondary N) is 1. The van der Waals surface area contributed by atoms with Crippen molar-refractivity contribution in [3.63, 3.8) is 0 Å². The van der Waals surface area contributed by atoms with Crippen molar-refractivity contribution in [3.05, 3.63) is 76.9 Å². The van der Waals surface area contributed by atoms with Crippen LogP contribution < -0.4 is 5.32 Å². The molecule has 1 aliphatic carbocycles. The predicted molar refractivity (Wildman–Crippen MR) is 123 cm³/mol. The minimum Gasteiger partial charge on any atom is -0.392 e. The Morgan fingerprint density at radius 2 is 1.97 bits per heavy atom. The lowest BCUT2D eigenvalue weighted by atomic mass is 9.98. The molecule has 0 fully saturated rings. The van der Waals surface area contributed by atoms with Gasteiger partial charge in [0.2, 0.25) is 0 Å². The first kappa shape index (κ1) is 23.4. The number of aliphatic hydroxyl groups excluding tert-OH is 1. The van der Waals surface area contributed by atoms with Crippen LogP contribution in [0.25, 0.3) is 27.9 Å². The maximum absolute atomic E-state index is 14.7. The third kappa shape index (κ3) is 3.85. The van der Waals surface area contributed by atoms with Crippen molar-refractivity contribution in [1.82, 2.24) is 19.7 Å². The molecule has 182 valence electrons. The number of nitriles is 1. The second kappa shape index (κ2) is 8.73. The van der Waals surface area contributed by atoms with Gasteiger partial charge in [0, 0.05) is 65.7 Å². The van der Waals surface area contributed by atoms with Gasteiger partial charge in [0.1, 0.15) is 11.9 Å². The largest absolute Gasteiger partial charge is 0.435 e. The molecule has 0 spiro atoms. The van der Waals surface area contributed by atoms with Crippen LogP contribution in [-0.4, -0.2) is 31.4 Å². The summed E-state index contributed by atoms with van der Waals surface area (Å²) in [4.78, 5) is 8.61. The maximum atomic E-state index is 14.7. The van der Waals surface area contributed by atoms with Gasteiger partial charge in [0.05, 0.1) is 23.6 Å². The molecule has 0 amide bonds. The van der Waals surface area contributed by atoms with Crippen molar-refractivity contribution in [3.8, 4) is 34.0 Å². The van der Waals surface area contributed by atoms with Crippen molar-refractivity contribution in [2.45, 2.75) is 26.1 Å². The van der Waals surface area contributed by atoms with Crippen LogP contribution in [0, 0.1) is 17.1 Å². The number of fused-ring (bicyclic) bond motifs is 3. The maximum Gasteiger partial charge on any atom is 0.435 e. The number of rotatable bonds is 5. The number of hydrogen-bond acceptors (Lipinski definition) is 6. The summed E-state index contributed by atoms with van der Waals surface area (Å²) in [7, 11) is 0. The molecule has 1 aromatic carbocycles. The molecule has 5 rings (SSSR count). The van der Waals surface area contributed by atoms with Crippen LogP contribution in [0.5, 0.6) is 0 Å². The number of pyridine rings is 2. The lowest BCUT2D eigenvalue weighted by Crippen LogP contribution is -2.10. The highest BCUT2D eigenvalue weighted by Crippen LogP contribution is 2.46. The molecule has 0 aliphatic heterocycles. The van der Waals surface area contributed by atoms with Gasteiger partial charge in [-0.15, -0.1) is 0 Å². The van der Waals surface area contributed by atoms with E-state index in [4.69, 9.17) is 0 Å². The first-order chi connectivity index (χ1) is 17.2. The Labute approximate surface area is 202 Å². The Hall–Kier alpha value is -4.30. The summed E-state index contributed by atoms with van der Waals surface area (Å²) in [5.74, 6) is -0.519. The van der Waals surface area contributed by atoms with Gasteiger partial charge in [-0.05, 0) is 36.2 Å². The van der Waals surface area contributed by atoms with E-state index in [0.29, 0.717) is 46.6 Å². The third-order valence-electron chi connectivity index (χ3n) is 5.96. The van der Waals surface area contributed by atoms with Gasteiger partial charge in [0.15, 0.2) is 5.69 Å². The molecule has 3 heterocycles. The average molecular weight is 494 g/mol. The van der Waals surface area contributed by atoms with Crippen molar-refractivity contribution < 1.29 is 22.7 Å². The van der Waals surface area contributed by atoms with Crippen LogP contribution >= 0.6 is 0 Å². The van der Waals surface area contributed by atoms with Crippen LogP contribution in [0.3, 0.4) is 0 Å². The summed E-state index contributed by atoms with van der Waals surface area (Å²) in [5.41, 5.74) is 2.35. The molecule has 0 saturated carbocycles. The Balaban J connectivity index is 1.86. The fourth-order valence-corrected chi connectivity index (χ4v) is 4.50. The highest BCUT2D eigenvalue weighted by molar-refractivity contribution is 5.92. The summed E-state index contributed by atoms with van der Waals surface area (Å²) < 4.78 is 56.8. The van der Waals surface area contributed by atoms with E-state index < -0.39 is 29.9 Å². The molecule has 0 unspecified atom stereocenters. The SMILES string of the molecule is CCNc1cc(F)cc2c1Cc1ncc(-c3cncc(C#N)c3)c(-n3cc(CO)c(C(F)(F)F)n3)c1-2. The number of aliphatic hydroxyl groups is 1. The van der Waals surface area contributed by atoms with Crippen molar-refractivity contribution in [1.29, 1.82) is 5.26 Å². The van der Waals surface area contributed by atoms with Crippen molar-refractivity contribution in [2.75, 3.05) is 11.9 Å². The fourth-order valence-electron chi connectivity index (χ4n) is 4.50. The second-order valence-electron chi connectivity index (χ2n) is 8.21. The monoisotopic (exact) mass is 494 g/mol. The molecule has 0 atom stereocenters. The first-order valence-electron chi connectivity index (χ1n) is 11.0. The van der Waals surface area contributed by atoms with E-state index >= 15 is 0 Å². The Morgan fingerprint density at radius 3 is 2.64 bits per heavy atom. The minimum absolute atomic E-state index is 0.217. The zero-order chi connectivity index (χ0) is 25.6. The van der Waals surface area contributed by atoms with Gasteiger partial charge in [-0.3, -0.25) is 9.97 Å². The summed E-state index contributed by atoms with van der Waals surface area (Å²) in [6, 6.07) is 6.22. The number of benzene rings is 1. The van der Waals surface area contributed by atoms with Crippen molar-refractivity contribution in [2.24, 2.45) is 0 Å². The normalized spacial score (nSPS) is 12.2. The van der Waals surface area contributed by atoms with E-state index in [1.165, 1.54) is 36.8 Å². The van der Waals surface area contributed by atoms with Crippen LogP contribution in [0.1, 0.15) is 35.0 Å². The summed E-state index contributed by atoms with van der Waals surface area (Å²) in [5, 5.41) is 25.9. The number of hydrogen-bond donors (Lipinski definition) is 2. The lowest BCUT2D eigenvalue weighted by molar-refractivity contribution is -0.142. The van der Waals surface area contributed by atoms with Gasteiger partial charge < -0.3 is 10.4 Å². The smallest absolute Gasteiger partial charge is 0.392 e. The predicted octanol–water partition coefficient (Wildman–Crippen LogP) is 4.85. The van der Waals surface area contributed by atoms with E-state index in [0.717, 1.165) is 16.4 Å².